The fourth-order valence-corrected chi connectivity index (χ4v) is 1.14. The quantitative estimate of drug-likeness (QED) is 0.711. The first-order valence-corrected chi connectivity index (χ1v) is 4.44. The fraction of sp³-hybridized carbons (Fsp3) is 0.556. The van der Waals surface area contributed by atoms with Crippen LogP contribution in [-0.4, -0.2) is 21.4 Å². The largest absolute Gasteiger partial charge is 0.364 e. The molecule has 0 aliphatic rings. The minimum absolute atomic E-state index is 0.0801. The van der Waals surface area contributed by atoms with Gasteiger partial charge in [-0.05, 0) is 27.7 Å². The number of hydrogen-bond donors (Lipinski definition) is 2. The number of anilines is 1. The van der Waals surface area contributed by atoms with Gasteiger partial charge in [-0.1, -0.05) is 0 Å². The van der Waals surface area contributed by atoms with Gasteiger partial charge in [-0.15, -0.1) is 5.10 Å². The lowest BCUT2D eigenvalue weighted by atomic mass is 10.1. The lowest BCUT2D eigenvalue weighted by Crippen LogP contribution is -2.27. The summed E-state index contributed by atoms with van der Waals surface area (Å²) in [4.78, 5) is 10.9. The van der Waals surface area contributed by atoms with Gasteiger partial charge in [-0.2, -0.15) is 4.68 Å². The molecule has 1 rings (SSSR count). The van der Waals surface area contributed by atoms with Gasteiger partial charge in [0.2, 0.25) is 0 Å². The summed E-state index contributed by atoms with van der Waals surface area (Å²) in [5.74, 6) is 0.661. The molecule has 5 heteroatoms. The highest BCUT2D eigenvalue weighted by atomic mass is 16.2. The van der Waals surface area contributed by atoms with E-state index in [9.17, 15) is 4.79 Å². The van der Waals surface area contributed by atoms with Crippen LogP contribution < -0.4 is 11.1 Å². The van der Waals surface area contributed by atoms with Crippen molar-refractivity contribution in [1.82, 2.24) is 9.78 Å². The van der Waals surface area contributed by atoms with Crippen molar-refractivity contribution in [3.8, 4) is 0 Å². The monoisotopic (exact) mass is 196 g/mol. The zero-order valence-corrected chi connectivity index (χ0v) is 8.96. The Kier molecular flexibility index (Phi) is 2.51. The van der Waals surface area contributed by atoms with E-state index in [1.54, 1.807) is 13.0 Å². The van der Waals surface area contributed by atoms with Crippen molar-refractivity contribution in [3.63, 3.8) is 0 Å². The van der Waals surface area contributed by atoms with Gasteiger partial charge in [0, 0.05) is 17.3 Å². The maximum absolute atomic E-state index is 10.9. The minimum Gasteiger partial charge on any atom is -0.364 e. The normalized spacial score (nSPS) is 11.4. The van der Waals surface area contributed by atoms with Crippen molar-refractivity contribution in [2.45, 2.75) is 33.2 Å². The summed E-state index contributed by atoms with van der Waals surface area (Å²) in [5, 5.41) is 7.18. The second-order valence-electron chi connectivity index (χ2n) is 4.30. The number of nitrogens with two attached hydrogens (primary N) is 1. The molecular weight excluding hydrogens is 180 g/mol. The van der Waals surface area contributed by atoms with E-state index in [1.165, 1.54) is 4.68 Å². The number of aryl methyl sites for hydroxylation is 1. The molecule has 0 unspecified atom stereocenters. The molecule has 5 nitrogen and oxygen atoms in total. The molecule has 1 aromatic rings. The molecule has 14 heavy (non-hydrogen) atoms. The van der Waals surface area contributed by atoms with Crippen LogP contribution >= 0.6 is 0 Å². The highest BCUT2D eigenvalue weighted by Crippen LogP contribution is 2.13. The van der Waals surface area contributed by atoms with E-state index in [0.29, 0.717) is 5.82 Å². The average Bonchev–Trinajstić information content (AvgIpc) is 2.26. The summed E-state index contributed by atoms with van der Waals surface area (Å²) in [6, 6.07) is 1.22. The molecule has 1 heterocycles. The molecule has 0 aromatic carbocycles. The third kappa shape index (κ3) is 2.48. The van der Waals surface area contributed by atoms with Crippen molar-refractivity contribution in [1.29, 1.82) is 0 Å². The number of rotatable bonds is 1. The first-order chi connectivity index (χ1) is 6.29. The maximum Gasteiger partial charge on any atom is 0.339 e. The van der Waals surface area contributed by atoms with Crippen LogP contribution in [0, 0.1) is 6.92 Å². The Balaban J connectivity index is 2.92. The zero-order valence-electron chi connectivity index (χ0n) is 8.96. The third-order valence-electron chi connectivity index (χ3n) is 1.60. The average molecular weight is 196 g/mol. The summed E-state index contributed by atoms with van der Waals surface area (Å²) in [6.07, 6.45) is 0. The van der Waals surface area contributed by atoms with Gasteiger partial charge in [-0.25, -0.2) is 4.79 Å². The standard InChI is InChI=1S/C9H16N4O/c1-6-5-7(11-9(2,3)4)12-13(6)8(10)14/h5H,1-4H3,(H2,10,14)(H,11,12). The van der Waals surface area contributed by atoms with Crippen LogP contribution in [0.1, 0.15) is 26.5 Å². The lowest BCUT2D eigenvalue weighted by molar-refractivity contribution is 0.247. The molecule has 0 radical (unpaired) electrons. The van der Waals surface area contributed by atoms with E-state index >= 15 is 0 Å². The number of carbonyl (C=O) groups is 1. The Labute approximate surface area is 83.3 Å². The van der Waals surface area contributed by atoms with Crippen molar-refractivity contribution >= 4 is 11.8 Å². The second-order valence-corrected chi connectivity index (χ2v) is 4.30. The van der Waals surface area contributed by atoms with Gasteiger partial charge in [0.25, 0.3) is 0 Å². The fourth-order valence-electron chi connectivity index (χ4n) is 1.14. The molecule has 1 amide bonds. The predicted octanol–water partition coefficient (Wildman–Crippen LogP) is 1.33. The molecule has 0 spiro atoms. The van der Waals surface area contributed by atoms with Gasteiger partial charge in [0.15, 0.2) is 0 Å². The van der Waals surface area contributed by atoms with Crippen LogP contribution in [0.25, 0.3) is 0 Å². The van der Waals surface area contributed by atoms with E-state index in [-0.39, 0.29) is 5.54 Å². The topological polar surface area (TPSA) is 72.9 Å². The predicted molar refractivity (Wildman–Crippen MR) is 55.3 cm³/mol. The molecule has 0 aliphatic heterocycles. The molecule has 3 N–H and O–H groups in total. The van der Waals surface area contributed by atoms with E-state index < -0.39 is 6.03 Å². The first-order valence-electron chi connectivity index (χ1n) is 4.44. The summed E-state index contributed by atoms with van der Waals surface area (Å²) < 4.78 is 1.17. The van der Waals surface area contributed by atoms with Crippen LogP contribution in [0.5, 0.6) is 0 Å². The zero-order chi connectivity index (χ0) is 10.9. The van der Waals surface area contributed by atoms with Crippen LogP contribution in [0.15, 0.2) is 6.07 Å². The van der Waals surface area contributed by atoms with Gasteiger partial charge in [-0.3, -0.25) is 0 Å². The van der Waals surface area contributed by atoms with Crippen LogP contribution in [-0.2, 0) is 0 Å². The Morgan fingerprint density at radius 1 is 1.57 bits per heavy atom. The molecule has 0 aliphatic carbocycles. The van der Waals surface area contributed by atoms with E-state index in [2.05, 4.69) is 10.4 Å². The number of primary amides is 1. The second kappa shape index (κ2) is 3.32. The van der Waals surface area contributed by atoms with Gasteiger partial charge >= 0.3 is 6.03 Å². The minimum atomic E-state index is -0.565. The van der Waals surface area contributed by atoms with Gasteiger partial charge in [0.1, 0.15) is 5.82 Å². The number of aromatic nitrogens is 2. The van der Waals surface area contributed by atoms with Gasteiger partial charge in [0.05, 0.1) is 0 Å². The highest BCUT2D eigenvalue weighted by Gasteiger charge is 2.13. The van der Waals surface area contributed by atoms with Crippen molar-refractivity contribution in [2.75, 3.05) is 5.32 Å². The van der Waals surface area contributed by atoms with Crippen molar-refractivity contribution in [2.24, 2.45) is 5.73 Å². The highest BCUT2D eigenvalue weighted by molar-refractivity contribution is 5.75. The van der Waals surface area contributed by atoms with Crippen molar-refractivity contribution < 1.29 is 4.79 Å². The smallest absolute Gasteiger partial charge is 0.339 e. The number of nitrogens with one attached hydrogen (secondary N) is 1. The molecule has 0 saturated heterocycles. The summed E-state index contributed by atoms with van der Waals surface area (Å²) in [5.41, 5.74) is 5.77. The Morgan fingerprint density at radius 3 is 2.50 bits per heavy atom. The Morgan fingerprint density at radius 2 is 2.14 bits per heavy atom. The number of nitrogens with zero attached hydrogens (tertiary/aromatic N) is 2. The number of amides is 1. The summed E-state index contributed by atoms with van der Waals surface area (Å²) in [7, 11) is 0. The molecule has 0 fully saturated rings. The Hall–Kier alpha value is -1.52. The summed E-state index contributed by atoms with van der Waals surface area (Å²) >= 11 is 0. The van der Waals surface area contributed by atoms with Crippen LogP contribution in [0.3, 0.4) is 0 Å². The van der Waals surface area contributed by atoms with E-state index in [4.69, 9.17) is 5.73 Å². The molecule has 1 aromatic heterocycles. The van der Waals surface area contributed by atoms with Crippen LogP contribution in [0.2, 0.25) is 0 Å². The molecule has 78 valence electrons. The molecule has 0 atom stereocenters. The number of carbonyl (C=O) groups excluding carboxylic acids is 1. The maximum atomic E-state index is 10.9. The van der Waals surface area contributed by atoms with Crippen molar-refractivity contribution in [3.05, 3.63) is 11.8 Å². The Bertz CT molecular complexity index is 348. The van der Waals surface area contributed by atoms with Crippen LogP contribution in [0.4, 0.5) is 10.6 Å². The molecular formula is C9H16N4O. The van der Waals surface area contributed by atoms with Gasteiger partial charge < -0.3 is 11.1 Å². The van der Waals surface area contributed by atoms with E-state index in [1.807, 2.05) is 20.8 Å². The van der Waals surface area contributed by atoms with E-state index in [0.717, 1.165) is 5.69 Å². The molecule has 0 bridgehead atoms. The third-order valence-corrected chi connectivity index (χ3v) is 1.60. The summed E-state index contributed by atoms with van der Waals surface area (Å²) in [6.45, 7) is 7.84. The number of hydrogen-bond acceptors (Lipinski definition) is 3. The molecule has 0 saturated carbocycles. The SMILES string of the molecule is Cc1cc(NC(C)(C)C)nn1C(N)=O. The first kappa shape index (κ1) is 10.6. The lowest BCUT2D eigenvalue weighted by Gasteiger charge is -2.19.